The Hall–Kier alpha value is -4.29. The molecule has 162 valence electrons. The lowest BCUT2D eigenvalue weighted by Crippen LogP contribution is -1.99. The third-order valence-corrected chi connectivity index (χ3v) is 7.51. The van der Waals surface area contributed by atoms with Gasteiger partial charge in [0.05, 0.1) is 10.5 Å². The Labute approximate surface area is 197 Å². The molecule has 1 aliphatic rings. The van der Waals surface area contributed by atoms with Gasteiger partial charge < -0.3 is 8.98 Å². The monoisotopic (exact) mass is 460 g/mol. The summed E-state index contributed by atoms with van der Waals surface area (Å²) in [7, 11) is 1.94. The van der Waals surface area contributed by atoms with Crippen LogP contribution in [-0.2, 0) is 7.05 Å². The number of hydrogen-bond acceptors (Lipinski definition) is 5. The third-order valence-electron chi connectivity index (χ3n) is 6.40. The number of aryl methyl sites for hydroxylation is 1. The fourth-order valence-electron chi connectivity index (χ4n) is 4.66. The van der Waals surface area contributed by atoms with E-state index in [0.29, 0.717) is 22.6 Å². The van der Waals surface area contributed by atoms with Crippen LogP contribution in [-0.4, -0.2) is 21.1 Å². The molecule has 34 heavy (non-hydrogen) atoms. The summed E-state index contributed by atoms with van der Waals surface area (Å²) in [6.45, 7) is 0. The van der Waals surface area contributed by atoms with E-state index in [1.807, 2.05) is 54.1 Å². The number of benzene rings is 3. The number of nitrogens with zero attached hydrogens (tertiary/aromatic N) is 2. The average Bonchev–Trinajstić information content (AvgIpc) is 3.58. The molecule has 0 saturated carbocycles. The molecule has 3 heterocycles. The summed E-state index contributed by atoms with van der Waals surface area (Å²) in [4.78, 5) is 31.8. The van der Waals surface area contributed by atoms with Crippen molar-refractivity contribution in [2.45, 2.75) is 0 Å². The second-order valence-electron chi connectivity index (χ2n) is 8.44. The highest BCUT2D eigenvalue weighted by molar-refractivity contribution is 7.22. The molecule has 1 aliphatic carbocycles. The Balaban J connectivity index is 1.29. The van der Waals surface area contributed by atoms with E-state index in [4.69, 9.17) is 9.40 Å². The van der Waals surface area contributed by atoms with Crippen molar-refractivity contribution in [1.29, 1.82) is 0 Å². The maximum Gasteiger partial charge on any atom is 0.245 e. The fraction of sp³-hybridized carbons (Fsp3) is 0.0357. The summed E-state index contributed by atoms with van der Waals surface area (Å²) in [5.41, 5.74) is 2.28. The zero-order valence-corrected chi connectivity index (χ0v) is 18.8. The van der Waals surface area contributed by atoms with Crippen LogP contribution in [0.1, 0.15) is 26.5 Å². The van der Waals surface area contributed by atoms with Crippen LogP contribution in [0, 0.1) is 0 Å². The predicted molar refractivity (Wildman–Crippen MR) is 134 cm³/mol. The van der Waals surface area contributed by atoms with Crippen LogP contribution < -0.4 is 0 Å². The van der Waals surface area contributed by atoms with E-state index in [1.54, 1.807) is 23.5 Å². The minimum atomic E-state index is -0.273. The van der Waals surface area contributed by atoms with Gasteiger partial charge in [-0.05, 0) is 46.5 Å². The molecule has 0 N–H and O–H groups in total. The Morgan fingerprint density at radius 2 is 1.50 bits per heavy atom. The van der Waals surface area contributed by atoms with Gasteiger partial charge >= 0.3 is 0 Å². The van der Waals surface area contributed by atoms with Crippen molar-refractivity contribution < 1.29 is 14.0 Å². The Morgan fingerprint density at radius 1 is 0.853 bits per heavy atom. The lowest BCUT2D eigenvalue weighted by molar-refractivity contribution is 0.0990. The average molecular weight is 461 g/mol. The zero-order chi connectivity index (χ0) is 23.0. The number of fused-ring (bicyclic) bond motifs is 4. The predicted octanol–water partition coefficient (Wildman–Crippen LogP) is 6.66. The van der Waals surface area contributed by atoms with Crippen molar-refractivity contribution >= 4 is 61.1 Å². The number of imidazole rings is 1. The largest absolute Gasteiger partial charge is 0.437 e. The smallest absolute Gasteiger partial charge is 0.245 e. The van der Waals surface area contributed by atoms with Gasteiger partial charge in [0.15, 0.2) is 17.4 Å². The molecule has 0 spiro atoms. The number of furan rings is 1. The molecule has 0 aliphatic heterocycles. The number of hydrogen-bond donors (Lipinski definition) is 0. The van der Waals surface area contributed by atoms with Gasteiger partial charge in [0.2, 0.25) is 5.71 Å². The number of carbonyl (C=O) groups is 2. The maximum absolute atomic E-state index is 13.0. The molecule has 0 fully saturated rings. The molecule has 0 radical (unpaired) electrons. The van der Waals surface area contributed by atoms with Crippen LogP contribution in [0.3, 0.4) is 0 Å². The number of rotatable bonds is 2. The van der Waals surface area contributed by atoms with E-state index in [1.165, 1.54) is 16.2 Å². The van der Waals surface area contributed by atoms with Crippen LogP contribution >= 0.6 is 11.3 Å². The number of allylic oxidation sites excluding steroid dienone is 1. The summed E-state index contributed by atoms with van der Waals surface area (Å²) in [6.07, 6.45) is 1.54. The van der Waals surface area contributed by atoms with Crippen molar-refractivity contribution in [1.82, 2.24) is 9.55 Å². The minimum absolute atomic E-state index is 0.120. The normalized spacial score (nSPS) is 13.5. The van der Waals surface area contributed by atoms with Crippen LogP contribution in [0.5, 0.6) is 0 Å². The Morgan fingerprint density at radius 3 is 2.15 bits per heavy atom. The second kappa shape index (κ2) is 6.85. The van der Waals surface area contributed by atoms with Gasteiger partial charge in [-0.2, -0.15) is 4.98 Å². The van der Waals surface area contributed by atoms with Crippen molar-refractivity contribution in [2.75, 3.05) is 0 Å². The lowest BCUT2D eigenvalue weighted by atomic mass is 10.0. The molecule has 3 aromatic heterocycles. The van der Waals surface area contributed by atoms with Crippen molar-refractivity contribution in [3.63, 3.8) is 0 Å². The number of carbonyl (C=O) groups excluding carboxylic acids is 2. The minimum Gasteiger partial charge on any atom is -0.437 e. The molecule has 0 atom stereocenters. The number of thiophene rings is 1. The SMILES string of the molecule is Cn1c(-c2cc3ccccc3s2)nc2oc(C=C3C(=O)c4cc5ccccc5cc4C3=O)cc21. The number of ketones is 2. The molecule has 0 unspecified atom stereocenters. The highest BCUT2D eigenvalue weighted by Gasteiger charge is 2.34. The molecule has 6 aromatic rings. The van der Waals surface area contributed by atoms with Crippen LogP contribution in [0.4, 0.5) is 0 Å². The van der Waals surface area contributed by atoms with E-state index in [0.717, 1.165) is 27.0 Å². The Bertz CT molecular complexity index is 1780. The lowest BCUT2D eigenvalue weighted by Gasteiger charge is -2.00. The van der Waals surface area contributed by atoms with E-state index in [9.17, 15) is 9.59 Å². The maximum atomic E-state index is 13.0. The summed E-state index contributed by atoms with van der Waals surface area (Å²) >= 11 is 1.68. The van der Waals surface area contributed by atoms with Gasteiger partial charge in [-0.15, -0.1) is 11.3 Å². The summed E-state index contributed by atoms with van der Waals surface area (Å²) < 4.78 is 9.13. The highest BCUT2D eigenvalue weighted by Crippen LogP contribution is 2.36. The first-order valence-corrected chi connectivity index (χ1v) is 11.7. The summed E-state index contributed by atoms with van der Waals surface area (Å²) in [6, 6.07) is 23.5. The van der Waals surface area contributed by atoms with Gasteiger partial charge in [-0.3, -0.25) is 9.59 Å². The number of Topliss-reactive ketones (excluding diaryl/α,β-unsaturated/α-hetero) is 2. The standard InChI is InChI=1S/C28H16N2O3S/c1-30-22-14-18(33-28(22)29-27(30)24-12-17-8-4-5-9-23(17)34-24)13-21-25(31)19-10-15-6-2-3-7-16(15)11-20(19)26(21)32/h2-14H,1H3. The molecule has 0 bridgehead atoms. The molecule has 6 heteroatoms. The molecule has 0 amide bonds. The van der Waals surface area contributed by atoms with E-state index < -0.39 is 0 Å². The van der Waals surface area contributed by atoms with Gasteiger partial charge in [0.25, 0.3) is 0 Å². The summed E-state index contributed by atoms with van der Waals surface area (Å²) in [5.74, 6) is 0.710. The first kappa shape index (κ1) is 19.2. The topological polar surface area (TPSA) is 65.1 Å². The highest BCUT2D eigenvalue weighted by atomic mass is 32.1. The molecule has 0 saturated heterocycles. The van der Waals surface area contributed by atoms with Gasteiger partial charge in [0.1, 0.15) is 11.3 Å². The third kappa shape index (κ3) is 2.69. The van der Waals surface area contributed by atoms with Crippen LogP contribution in [0.2, 0.25) is 0 Å². The second-order valence-corrected chi connectivity index (χ2v) is 9.53. The first-order chi connectivity index (χ1) is 16.6. The quantitative estimate of drug-likeness (QED) is 0.214. The van der Waals surface area contributed by atoms with Crippen molar-refractivity contribution in [2.24, 2.45) is 7.05 Å². The van der Waals surface area contributed by atoms with Crippen LogP contribution in [0.15, 0.2) is 82.8 Å². The fourth-order valence-corrected chi connectivity index (χ4v) is 5.75. The Kier molecular flexibility index (Phi) is 3.87. The van der Waals surface area contributed by atoms with Crippen molar-refractivity contribution in [3.05, 3.63) is 95.3 Å². The number of aromatic nitrogens is 2. The van der Waals surface area contributed by atoms with Gasteiger partial charge in [-0.1, -0.05) is 42.5 Å². The molecular formula is C28H16N2O3S. The molecule has 7 rings (SSSR count). The van der Waals surface area contributed by atoms with Gasteiger partial charge in [0, 0.05) is 28.9 Å². The molecule has 5 nitrogen and oxygen atoms in total. The van der Waals surface area contributed by atoms with Crippen molar-refractivity contribution in [3.8, 4) is 10.7 Å². The van der Waals surface area contributed by atoms with E-state index in [2.05, 4.69) is 18.2 Å². The molecule has 3 aromatic carbocycles. The van der Waals surface area contributed by atoms with Crippen LogP contribution in [0.25, 0.3) is 48.9 Å². The summed E-state index contributed by atoms with van der Waals surface area (Å²) in [5, 5.41) is 3.05. The van der Waals surface area contributed by atoms with E-state index >= 15 is 0 Å². The zero-order valence-electron chi connectivity index (χ0n) is 18.0. The molecular weight excluding hydrogens is 444 g/mol. The van der Waals surface area contributed by atoms with E-state index in [-0.39, 0.29) is 17.1 Å². The van der Waals surface area contributed by atoms with Gasteiger partial charge in [-0.25, -0.2) is 0 Å². The first-order valence-electron chi connectivity index (χ1n) is 10.9.